The van der Waals surface area contributed by atoms with Gasteiger partial charge in [0.25, 0.3) is 0 Å². The van der Waals surface area contributed by atoms with Crippen molar-refractivity contribution in [3.8, 4) is 6.07 Å². The van der Waals surface area contributed by atoms with Gasteiger partial charge in [-0.05, 0) is 25.2 Å². The molecule has 2 nitrogen and oxygen atoms in total. The number of carbonyl (C=O) groups excluding carboxylic acids is 1. The summed E-state index contributed by atoms with van der Waals surface area (Å²) in [6.45, 7) is 4.14. The Bertz CT molecular complexity index is 241. The molecule has 13 heavy (non-hydrogen) atoms. The SMILES string of the molecule is CCCC(C)C1(C#N)CCCC1=O. The molecule has 1 saturated carbocycles. The van der Waals surface area contributed by atoms with E-state index in [1.165, 1.54) is 0 Å². The maximum absolute atomic E-state index is 11.6. The number of nitrogens with zero attached hydrogens (tertiary/aromatic N) is 1. The molecule has 0 saturated heterocycles. The van der Waals surface area contributed by atoms with Gasteiger partial charge in [-0.3, -0.25) is 4.79 Å². The summed E-state index contributed by atoms with van der Waals surface area (Å²) in [7, 11) is 0. The summed E-state index contributed by atoms with van der Waals surface area (Å²) < 4.78 is 0. The summed E-state index contributed by atoms with van der Waals surface area (Å²) in [5.41, 5.74) is -0.629. The van der Waals surface area contributed by atoms with Gasteiger partial charge in [-0.15, -0.1) is 0 Å². The van der Waals surface area contributed by atoms with Crippen molar-refractivity contribution in [2.45, 2.75) is 46.0 Å². The van der Waals surface area contributed by atoms with E-state index in [-0.39, 0.29) is 11.7 Å². The molecule has 0 aromatic carbocycles. The number of nitriles is 1. The fourth-order valence-corrected chi connectivity index (χ4v) is 2.32. The molecule has 1 aliphatic carbocycles. The van der Waals surface area contributed by atoms with Crippen LogP contribution in [0.4, 0.5) is 0 Å². The molecule has 0 amide bonds. The molecule has 2 heteroatoms. The van der Waals surface area contributed by atoms with Gasteiger partial charge < -0.3 is 0 Å². The molecule has 2 atom stereocenters. The Morgan fingerprint density at radius 2 is 2.38 bits per heavy atom. The second-order valence-electron chi connectivity index (χ2n) is 4.05. The summed E-state index contributed by atoms with van der Waals surface area (Å²) in [6, 6.07) is 2.26. The maximum atomic E-state index is 11.6. The Hall–Kier alpha value is -0.840. The minimum Gasteiger partial charge on any atom is -0.298 e. The third-order valence-corrected chi connectivity index (χ3v) is 3.23. The molecule has 1 aliphatic rings. The van der Waals surface area contributed by atoms with Crippen LogP contribution in [-0.4, -0.2) is 5.78 Å². The molecule has 1 fully saturated rings. The second-order valence-corrected chi connectivity index (χ2v) is 4.05. The molecule has 72 valence electrons. The minimum absolute atomic E-state index is 0.177. The maximum Gasteiger partial charge on any atom is 0.153 e. The minimum atomic E-state index is -0.629. The lowest BCUT2D eigenvalue weighted by atomic mass is 9.73. The zero-order valence-electron chi connectivity index (χ0n) is 8.47. The third kappa shape index (κ3) is 1.60. The molecule has 0 heterocycles. The van der Waals surface area contributed by atoms with Crippen LogP contribution in [0.15, 0.2) is 0 Å². The fraction of sp³-hybridized carbons (Fsp3) is 0.818. The Morgan fingerprint density at radius 3 is 2.77 bits per heavy atom. The molecule has 2 unspecified atom stereocenters. The van der Waals surface area contributed by atoms with Gasteiger partial charge in [-0.25, -0.2) is 0 Å². The van der Waals surface area contributed by atoms with Crippen molar-refractivity contribution < 1.29 is 4.79 Å². The van der Waals surface area contributed by atoms with E-state index >= 15 is 0 Å². The lowest BCUT2D eigenvalue weighted by Gasteiger charge is -2.26. The number of hydrogen-bond acceptors (Lipinski definition) is 2. The summed E-state index contributed by atoms with van der Waals surface area (Å²) in [4.78, 5) is 11.6. The average molecular weight is 179 g/mol. The predicted octanol–water partition coefficient (Wildman–Crippen LogP) is 2.69. The summed E-state index contributed by atoms with van der Waals surface area (Å²) >= 11 is 0. The van der Waals surface area contributed by atoms with Gasteiger partial charge in [0.1, 0.15) is 5.41 Å². The van der Waals surface area contributed by atoms with E-state index in [2.05, 4.69) is 13.0 Å². The lowest BCUT2D eigenvalue weighted by Crippen LogP contribution is -2.31. The standard InChI is InChI=1S/C11H17NO/c1-3-5-9(2)11(8-12)7-4-6-10(11)13/h9H,3-7H2,1-2H3. The molecule has 0 spiro atoms. The van der Waals surface area contributed by atoms with Crippen molar-refractivity contribution in [3.05, 3.63) is 0 Å². The van der Waals surface area contributed by atoms with Crippen LogP contribution in [0.2, 0.25) is 0 Å². The van der Waals surface area contributed by atoms with Gasteiger partial charge in [-0.2, -0.15) is 5.26 Å². The molecular weight excluding hydrogens is 162 g/mol. The molecule has 0 aromatic rings. The van der Waals surface area contributed by atoms with Crippen LogP contribution in [-0.2, 0) is 4.79 Å². The van der Waals surface area contributed by atoms with Gasteiger partial charge in [-0.1, -0.05) is 20.3 Å². The summed E-state index contributed by atoms with van der Waals surface area (Å²) in [5, 5.41) is 9.11. The monoisotopic (exact) mass is 179 g/mol. The van der Waals surface area contributed by atoms with Crippen LogP contribution in [0.25, 0.3) is 0 Å². The van der Waals surface area contributed by atoms with E-state index in [0.717, 1.165) is 25.7 Å². The van der Waals surface area contributed by atoms with Crippen molar-refractivity contribution in [1.29, 1.82) is 5.26 Å². The molecule has 0 aliphatic heterocycles. The zero-order chi connectivity index (χ0) is 9.90. The van der Waals surface area contributed by atoms with Gasteiger partial charge in [0, 0.05) is 6.42 Å². The third-order valence-electron chi connectivity index (χ3n) is 3.23. The number of ketones is 1. The number of Topliss-reactive ketones (excluding diaryl/α,β-unsaturated/α-hetero) is 1. The van der Waals surface area contributed by atoms with Crippen molar-refractivity contribution >= 4 is 5.78 Å². The number of hydrogen-bond donors (Lipinski definition) is 0. The van der Waals surface area contributed by atoms with Crippen molar-refractivity contribution in [3.63, 3.8) is 0 Å². The fourth-order valence-electron chi connectivity index (χ4n) is 2.32. The van der Waals surface area contributed by atoms with Crippen LogP contribution in [0.1, 0.15) is 46.0 Å². The van der Waals surface area contributed by atoms with Crippen molar-refractivity contribution in [1.82, 2.24) is 0 Å². The van der Waals surface area contributed by atoms with Crippen LogP contribution < -0.4 is 0 Å². The molecule has 0 N–H and O–H groups in total. The first-order valence-corrected chi connectivity index (χ1v) is 5.12. The molecular formula is C11H17NO. The predicted molar refractivity (Wildman–Crippen MR) is 51.0 cm³/mol. The summed E-state index contributed by atoms with van der Waals surface area (Å²) in [5.74, 6) is 0.411. The van der Waals surface area contributed by atoms with Gasteiger partial charge in [0.15, 0.2) is 5.78 Å². The van der Waals surface area contributed by atoms with Crippen LogP contribution in [0, 0.1) is 22.7 Å². The Kier molecular flexibility index (Phi) is 3.08. The second kappa shape index (κ2) is 3.91. The molecule has 0 radical (unpaired) electrons. The Balaban J connectivity index is 2.81. The highest BCUT2D eigenvalue weighted by Gasteiger charge is 2.46. The van der Waals surface area contributed by atoms with E-state index < -0.39 is 5.41 Å². The highest BCUT2D eigenvalue weighted by atomic mass is 16.1. The smallest absolute Gasteiger partial charge is 0.153 e. The van der Waals surface area contributed by atoms with Crippen molar-refractivity contribution in [2.75, 3.05) is 0 Å². The van der Waals surface area contributed by atoms with Gasteiger partial charge >= 0.3 is 0 Å². The largest absolute Gasteiger partial charge is 0.298 e. The van der Waals surface area contributed by atoms with Crippen LogP contribution in [0.3, 0.4) is 0 Å². The topological polar surface area (TPSA) is 40.9 Å². The molecule has 0 bridgehead atoms. The van der Waals surface area contributed by atoms with E-state index in [1.54, 1.807) is 0 Å². The van der Waals surface area contributed by atoms with Crippen LogP contribution in [0.5, 0.6) is 0 Å². The average Bonchev–Trinajstić information content (AvgIpc) is 2.48. The van der Waals surface area contributed by atoms with E-state index in [9.17, 15) is 4.79 Å². The van der Waals surface area contributed by atoms with E-state index in [0.29, 0.717) is 6.42 Å². The van der Waals surface area contributed by atoms with Gasteiger partial charge in [0.2, 0.25) is 0 Å². The number of carbonyl (C=O) groups is 1. The Morgan fingerprint density at radius 1 is 1.69 bits per heavy atom. The Labute approximate surface area is 79.9 Å². The first kappa shape index (κ1) is 10.2. The zero-order valence-corrected chi connectivity index (χ0v) is 8.47. The van der Waals surface area contributed by atoms with Crippen LogP contribution >= 0.6 is 0 Å². The van der Waals surface area contributed by atoms with Crippen molar-refractivity contribution in [2.24, 2.45) is 11.3 Å². The molecule has 1 rings (SSSR count). The highest BCUT2D eigenvalue weighted by Crippen LogP contribution is 2.42. The first-order chi connectivity index (χ1) is 6.17. The first-order valence-electron chi connectivity index (χ1n) is 5.12. The number of rotatable bonds is 3. The molecule has 0 aromatic heterocycles. The normalized spacial score (nSPS) is 30.1. The quantitative estimate of drug-likeness (QED) is 0.668. The lowest BCUT2D eigenvalue weighted by molar-refractivity contribution is -0.125. The van der Waals surface area contributed by atoms with E-state index in [4.69, 9.17) is 5.26 Å². The summed E-state index contributed by atoms with van der Waals surface area (Å²) in [6.07, 6.45) is 4.34. The van der Waals surface area contributed by atoms with Gasteiger partial charge in [0.05, 0.1) is 6.07 Å². The highest BCUT2D eigenvalue weighted by molar-refractivity contribution is 5.89. The van der Waals surface area contributed by atoms with E-state index in [1.807, 2.05) is 6.92 Å².